The van der Waals surface area contributed by atoms with Gasteiger partial charge in [0.1, 0.15) is 0 Å². The SMILES string of the molecule is CCC(CC)(c1ccc(CCC(O)C(C)(C)C)c(C)c1)c1ccc(-c2ccc(C(O)C(=O)O)cc2)c(C)c1. The Morgan fingerprint density at radius 1 is 0.816 bits per heavy atom. The van der Waals surface area contributed by atoms with Crippen molar-refractivity contribution in [3.63, 3.8) is 0 Å². The Morgan fingerprint density at radius 2 is 1.37 bits per heavy atom. The van der Waals surface area contributed by atoms with E-state index in [1.165, 1.54) is 22.3 Å². The summed E-state index contributed by atoms with van der Waals surface area (Å²) in [5.74, 6) is -1.25. The zero-order valence-corrected chi connectivity index (χ0v) is 24.0. The molecule has 2 unspecified atom stereocenters. The number of carboxylic acids is 1. The third-order valence-electron chi connectivity index (χ3n) is 8.34. The second kappa shape index (κ2) is 11.8. The van der Waals surface area contributed by atoms with Gasteiger partial charge in [0.05, 0.1) is 6.10 Å². The van der Waals surface area contributed by atoms with Crippen LogP contribution in [0.2, 0.25) is 0 Å². The molecule has 0 radical (unpaired) electrons. The number of rotatable bonds is 10. The fourth-order valence-electron chi connectivity index (χ4n) is 5.51. The van der Waals surface area contributed by atoms with Crippen molar-refractivity contribution in [2.45, 2.75) is 91.8 Å². The highest BCUT2D eigenvalue weighted by Gasteiger charge is 2.31. The third kappa shape index (κ3) is 6.19. The molecule has 3 aromatic carbocycles. The molecule has 3 aromatic rings. The largest absolute Gasteiger partial charge is 0.479 e. The maximum absolute atomic E-state index is 11.1. The van der Waals surface area contributed by atoms with Crippen LogP contribution in [0.3, 0.4) is 0 Å². The van der Waals surface area contributed by atoms with Crippen LogP contribution >= 0.6 is 0 Å². The van der Waals surface area contributed by atoms with Gasteiger partial charge in [0.2, 0.25) is 0 Å². The van der Waals surface area contributed by atoms with Crippen molar-refractivity contribution in [1.82, 2.24) is 0 Å². The molecule has 2 atom stereocenters. The normalized spacial score (nSPS) is 13.8. The second-order valence-electron chi connectivity index (χ2n) is 11.7. The summed E-state index contributed by atoms with van der Waals surface area (Å²) in [5, 5.41) is 29.4. The number of aliphatic carboxylic acids is 1. The first kappa shape index (κ1) is 29.6. The highest BCUT2D eigenvalue weighted by atomic mass is 16.4. The van der Waals surface area contributed by atoms with Gasteiger partial charge < -0.3 is 15.3 Å². The summed E-state index contributed by atoms with van der Waals surface area (Å²) in [4.78, 5) is 11.1. The zero-order chi connectivity index (χ0) is 28.3. The number of aryl methyl sites for hydroxylation is 3. The fraction of sp³-hybridized carbons (Fsp3) is 0.441. The predicted octanol–water partition coefficient (Wildman–Crippen LogP) is 7.53. The van der Waals surface area contributed by atoms with E-state index in [4.69, 9.17) is 5.11 Å². The van der Waals surface area contributed by atoms with Crippen LogP contribution in [0.1, 0.15) is 93.4 Å². The first-order valence-corrected chi connectivity index (χ1v) is 13.7. The molecule has 4 nitrogen and oxygen atoms in total. The van der Waals surface area contributed by atoms with Gasteiger partial charge in [-0.25, -0.2) is 4.79 Å². The molecule has 0 fully saturated rings. The molecule has 0 aromatic heterocycles. The first-order chi connectivity index (χ1) is 17.8. The Kier molecular flexibility index (Phi) is 9.22. The van der Waals surface area contributed by atoms with Gasteiger partial charge in [-0.15, -0.1) is 0 Å². The molecule has 4 heteroatoms. The van der Waals surface area contributed by atoms with E-state index >= 15 is 0 Å². The van der Waals surface area contributed by atoms with Crippen LogP contribution in [-0.2, 0) is 16.6 Å². The molecule has 38 heavy (non-hydrogen) atoms. The Hall–Kier alpha value is -2.95. The van der Waals surface area contributed by atoms with Gasteiger partial charge in [-0.2, -0.15) is 0 Å². The van der Waals surface area contributed by atoms with E-state index in [9.17, 15) is 15.0 Å². The first-order valence-electron chi connectivity index (χ1n) is 13.7. The molecule has 3 N–H and O–H groups in total. The predicted molar refractivity (Wildman–Crippen MR) is 156 cm³/mol. The summed E-state index contributed by atoms with van der Waals surface area (Å²) < 4.78 is 0. The molecule has 0 saturated heterocycles. The van der Waals surface area contributed by atoms with Crippen LogP contribution in [0.4, 0.5) is 0 Å². The molecule has 0 heterocycles. The Morgan fingerprint density at radius 3 is 1.84 bits per heavy atom. The van der Waals surface area contributed by atoms with Crippen molar-refractivity contribution in [2.24, 2.45) is 5.41 Å². The molecule has 0 aliphatic carbocycles. The van der Waals surface area contributed by atoms with Gasteiger partial charge in [-0.05, 0) is 89.5 Å². The fourth-order valence-corrected chi connectivity index (χ4v) is 5.51. The van der Waals surface area contributed by atoms with Gasteiger partial charge in [-0.1, -0.05) is 95.3 Å². The number of aliphatic hydroxyl groups is 2. The van der Waals surface area contributed by atoms with Crippen molar-refractivity contribution in [3.8, 4) is 11.1 Å². The van der Waals surface area contributed by atoms with Gasteiger partial charge in [-0.3, -0.25) is 0 Å². The van der Waals surface area contributed by atoms with Crippen molar-refractivity contribution >= 4 is 5.97 Å². The lowest BCUT2D eigenvalue weighted by atomic mass is 9.69. The minimum absolute atomic E-state index is 0.104. The van der Waals surface area contributed by atoms with Crippen LogP contribution in [0.15, 0.2) is 60.7 Å². The van der Waals surface area contributed by atoms with Crippen molar-refractivity contribution in [2.75, 3.05) is 0 Å². The summed E-state index contributed by atoms with van der Waals surface area (Å²) in [6.07, 6.45) is 1.74. The van der Waals surface area contributed by atoms with Gasteiger partial charge in [0, 0.05) is 5.41 Å². The summed E-state index contributed by atoms with van der Waals surface area (Å²) in [5.41, 5.74) is 8.57. The molecular formula is C34H44O4. The van der Waals surface area contributed by atoms with Gasteiger partial charge >= 0.3 is 5.97 Å². The van der Waals surface area contributed by atoms with Crippen LogP contribution in [0.25, 0.3) is 11.1 Å². The molecule has 0 aliphatic heterocycles. The Balaban J connectivity index is 1.91. The lowest BCUT2D eigenvalue weighted by molar-refractivity contribution is -0.146. The van der Waals surface area contributed by atoms with Crippen LogP contribution in [0, 0.1) is 19.3 Å². The lowest BCUT2D eigenvalue weighted by Crippen LogP contribution is -2.27. The number of benzene rings is 3. The topological polar surface area (TPSA) is 77.8 Å². The monoisotopic (exact) mass is 516 g/mol. The standard InChI is InChI=1S/C34H44O4/c1-8-34(9-2,27-16-14-24(22(3)20-27)15-19-30(35)33(5,6)7)28-17-18-29(23(4)21-28)25-10-12-26(13-11-25)31(36)32(37)38/h10-14,16-18,20-21,30-31,35-36H,8-9,15,19H2,1-7H3,(H,37,38). The zero-order valence-electron chi connectivity index (χ0n) is 24.0. The van der Waals surface area contributed by atoms with Crippen molar-refractivity contribution in [3.05, 3.63) is 94.0 Å². The number of carbonyl (C=O) groups is 1. The quantitative estimate of drug-likeness (QED) is 0.260. The van der Waals surface area contributed by atoms with Crippen LogP contribution in [-0.4, -0.2) is 27.4 Å². The molecule has 0 aliphatic rings. The smallest absolute Gasteiger partial charge is 0.337 e. The third-order valence-corrected chi connectivity index (χ3v) is 8.34. The van der Waals surface area contributed by atoms with E-state index in [0.717, 1.165) is 42.4 Å². The number of carboxylic acid groups (broad SMARTS) is 1. The van der Waals surface area contributed by atoms with Crippen LogP contribution in [0.5, 0.6) is 0 Å². The lowest BCUT2D eigenvalue weighted by Gasteiger charge is -2.34. The molecular weight excluding hydrogens is 472 g/mol. The van der Waals surface area contributed by atoms with E-state index in [-0.39, 0.29) is 16.9 Å². The van der Waals surface area contributed by atoms with Gasteiger partial charge in [0.25, 0.3) is 0 Å². The van der Waals surface area contributed by atoms with Gasteiger partial charge in [0.15, 0.2) is 6.10 Å². The molecule has 0 amide bonds. The van der Waals surface area contributed by atoms with E-state index in [1.807, 2.05) is 12.1 Å². The Bertz CT molecular complexity index is 1250. The maximum Gasteiger partial charge on any atom is 0.337 e. The molecule has 3 rings (SSSR count). The molecule has 204 valence electrons. The van der Waals surface area contributed by atoms with E-state index in [1.54, 1.807) is 12.1 Å². The van der Waals surface area contributed by atoms with Crippen molar-refractivity contribution < 1.29 is 20.1 Å². The Labute approximate surface area is 228 Å². The number of hydrogen-bond acceptors (Lipinski definition) is 3. The average molecular weight is 517 g/mol. The minimum Gasteiger partial charge on any atom is -0.479 e. The average Bonchev–Trinajstić information content (AvgIpc) is 2.88. The van der Waals surface area contributed by atoms with E-state index in [2.05, 4.69) is 84.9 Å². The summed E-state index contributed by atoms with van der Waals surface area (Å²) in [7, 11) is 0. The maximum atomic E-state index is 11.1. The second-order valence-corrected chi connectivity index (χ2v) is 11.7. The summed E-state index contributed by atoms with van der Waals surface area (Å²) in [6, 6.07) is 20.6. The minimum atomic E-state index is -1.51. The summed E-state index contributed by atoms with van der Waals surface area (Å²) >= 11 is 0. The molecule has 0 saturated carbocycles. The van der Waals surface area contributed by atoms with Crippen LogP contribution < -0.4 is 0 Å². The molecule has 0 spiro atoms. The highest BCUT2D eigenvalue weighted by molar-refractivity contribution is 5.75. The highest BCUT2D eigenvalue weighted by Crippen LogP contribution is 2.41. The number of hydrogen-bond donors (Lipinski definition) is 3. The summed E-state index contributed by atoms with van der Waals surface area (Å²) in [6.45, 7) is 15.0. The van der Waals surface area contributed by atoms with E-state index in [0.29, 0.717) is 5.56 Å². The molecule has 0 bridgehead atoms. The number of aliphatic hydroxyl groups excluding tert-OH is 2. The van der Waals surface area contributed by atoms with E-state index < -0.39 is 12.1 Å². The van der Waals surface area contributed by atoms with Crippen molar-refractivity contribution in [1.29, 1.82) is 0 Å².